The van der Waals surface area contributed by atoms with Gasteiger partial charge in [-0.25, -0.2) is 0 Å². The van der Waals surface area contributed by atoms with E-state index in [4.69, 9.17) is 5.11 Å². The molecular weight excluding hydrogens is 158 g/mol. The van der Waals surface area contributed by atoms with Crippen LogP contribution in [0.1, 0.15) is 20.3 Å². The summed E-state index contributed by atoms with van der Waals surface area (Å²) >= 11 is 0. The number of carbonyl (C=O) groups is 1. The van der Waals surface area contributed by atoms with Crippen molar-refractivity contribution in [3.8, 4) is 0 Å². The van der Waals surface area contributed by atoms with E-state index >= 15 is 0 Å². The van der Waals surface area contributed by atoms with E-state index in [1.807, 2.05) is 0 Å². The topological polar surface area (TPSA) is 72.0 Å². The molecule has 12 heavy (non-hydrogen) atoms. The molecule has 0 amide bonds. The van der Waals surface area contributed by atoms with Gasteiger partial charge in [0.05, 0.1) is 5.92 Å². The van der Waals surface area contributed by atoms with Crippen LogP contribution in [0.25, 0.3) is 0 Å². The Kier molecular flexibility index (Phi) is 4.20. The quantitative estimate of drug-likeness (QED) is 0.641. The summed E-state index contributed by atoms with van der Waals surface area (Å²) in [5, 5.41) is 8.69. The van der Waals surface area contributed by atoms with E-state index in [9.17, 15) is 4.79 Å². The van der Waals surface area contributed by atoms with Gasteiger partial charge in [0.1, 0.15) is 0 Å². The molecule has 1 saturated heterocycles. The van der Waals surface area contributed by atoms with Gasteiger partial charge in [0, 0.05) is 12.6 Å². The maximum absolute atomic E-state index is 10.5. The number of carboxylic acid groups (broad SMARTS) is 1. The molecule has 1 atom stereocenters. The second-order valence-electron chi connectivity index (χ2n) is 3.41. The van der Waals surface area contributed by atoms with Gasteiger partial charge in [0.15, 0.2) is 0 Å². The first-order chi connectivity index (χ1) is 5.11. The van der Waals surface area contributed by atoms with Crippen molar-refractivity contribution in [1.29, 1.82) is 0 Å². The largest absolute Gasteiger partial charge is 0.481 e. The molecule has 0 spiro atoms. The zero-order valence-electron chi connectivity index (χ0n) is 7.58. The Bertz CT molecular complexity index is 158. The molecule has 0 saturated carbocycles. The lowest BCUT2D eigenvalue weighted by Gasteiger charge is -2.19. The standard InChI is InChI=1S/C8H15NO2.H2O/c1-6(2)9-4-3-7(5-9)8(10)11;/h6-7H,3-5H2,1-2H3,(H,10,11);1H2. The molecule has 0 aromatic rings. The van der Waals surface area contributed by atoms with Crippen molar-refractivity contribution in [3.05, 3.63) is 0 Å². The Labute approximate surface area is 72.5 Å². The smallest absolute Gasteiger partial charge is 0.307 e. The third-order valence-corrected chi connectivity index (χ3v) is 2.30. The highest BCUT2D eigenvalue weighted by atomic mass is 16.4. The van der Waals surface area contributed by atoms with Gasteiger partial charge in [-0.15, -0.1) is 0 Å². The third-order valence-electron chi connectivity index (χ3n) is 2.30. The van der Waals surface area contributed by atoms with Crippen LogP contribution in [0.2, 0.25) is 0 Å². The Morgan fingerprint density at radius 1 is 1.58 bits per heavy atom. The lowest BCUT2D eigenvalue weighted by atomic mass is 10.1. The van der Waals surface area contributed by atoms with Crippen molar-refractivity contribution >= 4 is 5.97 Å². The lowest BCUT2D eigenvalue weighted by molar-refractivity contribution is -0.141. The first-order valence-electron chi connectivity index (χ1n) is 4.08. The van der Waals surface area contributed by atoms with E-state index in [0.717, 1.165) is 19.5 Å². The van der Waals surface area contributed by atoms with E-state index in [2.05, 4.69) is 18.7 Å². The zero-order valence-corrected chi connectivity index (χ0v) is 7.58. The van der Waals surface area contributed by atoms with Crippen LogP contribution in [0.3, 0.4) is 0 Å². The highest BCUT2D eigenvalue weighted by Crippen LogP contribution is 2.17. The van der Waals surface area contributed by atoms with Gasteiger partial charge in [0.2, 0.25) is 0 Å². The van der Waals surface area contributed by atoms with Crippen molar-refractivity contribution in [2.24, 2.45) is 5.92 Å². The minimum absolute atomic E-state index is 0. The van der Waals surface area contributed by atoms with Crippen LogP contribution in [0.4, 0.5) is 0 Å². The number of rotatable bonds is 2. The monoisotopic (exact) mass is 175 g/mol. The molecule has 0 bridgehead atoms. The summed E-state index contributed by atoms with van der Waals surface area (Å²) < 4.78 is 0. The maximum Gasteiger partial charge on any atom is 0.307 e. The zero-order chi connectivity index (χ0) is 8.43. The number of aliphatic carboxylic acids is 1. The molecular formula is C8H17NO3. The second kappa shape index (κ2) is 4.42. The average Bonchev–Trinajstić information content (AvgIpc) is 2.33. The number of nitrogens with zero attached hydrogens (tertiary/aromatic N) is 1. The Balaban J connectivity index is 0.00000121. The van der Waals surface area contributed by atoms with Crippen molar-refractivity contribution in [1.82, 2.24) is 4.90 Å². The molecule has 4 heteroatoms. The maximum atomic E-state index is 10.5. The van der Waals surface area contributed by atoms with Crippen LogP contribution in [-0.4, -0.2) is 40.6 Å². The summed E-state index contributed by atoms with van der Waals surface area (Å²) in [5.74, 6) is -0.773. The molecule has 1 rings (SSSR count). The minimum Gasteiger partial charge on any atom is -0.481 e. The molecule has 1 aliphatic rings. The summed E-state index contributed by atoms with van der Waals surface area (Å²) in [6.45, 7) is 5.87. The number of hydrogen-bond donors (Lipinski definition) is 1. The van der Waals surface area contributed by atoms with Gasteiger partial charge in [-0.05, 0) is 26.8 Å². The number of hydrogen-bond acceptors (Lipinski definition) is 2. The molecule has 4 nitrogen and oxygen atoms in total. The molecule has 1 unspecified atom stereocenters. The Morgan fingerprint density at radius 2 is 2.17 bits per heavy atom. The third kappa shape index (κ3) is 2.46. The SMILES string of the molecule is CC(C)N1CCC(C(=O)O)C1.O. The summed E-state index contributed by atoms with van der Waals surface area (Å²) in [6, 6.07) is 0.486. The van der Waals surface area contributed by atoms with E-state index in [1.165, 1.54) is 0 Å². The average molecular weight is 175 g/mol. The summed E-state index contributed by atoms with van der Waals surface area (Å²) in [4.78, 5) is 12.8. The minimum atomic E-state index is -0.645. The normalized spacial score (nSPS) is 24.1. The Hall–Kier alpha value is -0.610. The fourth-order valence-corrected chi connectivity index (χ4v) is 1.46. The van der Waals surface area contributed by atoms with Crippen LogP contribution in [0.15, 0.2) is 0 Å². The molecule has 0 aromatic heterocycles. The lowest BCUT2D eigenvalue weighted by Crippen LogP contribution is -2.29. The van der Waals surface area contributed by atoms with E-state index < -0.39 is 5.97 Å². The molecule has 1 fully saturated rings. The first-order valence-corrected chi connectivity index (χ1v) is 4.08. The van der Waals surface area contributed by atoms with E-state index in [0.29, 0.717) is 6.04 Å². The molecule has 72 valence electrons. The van der Waals surface area contributed by atoms with Crippen molar-refractivity contribution < 1.29 is 15.4 Å². The van der Waals surface area contributed by atoms with Gasteiger partial charge < -0.3 is 15.5 Å². The fourth-order valence-electron chi connectivity index (χ4n) is 1.46. The van der Waals surface area contributed by atoms with Gasteiger partial charge in [-0.1, -0.05) is 0 Å². The molecule has 3 N–H and O–H groups in total. The van der Waals surface area contributed by atoms with E-state index in [1.54, 1.807) is 0 Å². The van der Waals surface area contributed by atoms with Crippen LogP contribution >= 0.6 is 0 Å². The van der Waals surface area contributed by atoms with E-state index in [-0.39, 0.29) is 11.4 Å². The van der Waals surface area contributed by atoms with Gasteiger partial charge in [-0.2, -0.15) is 0 Å². The number of likely N-dealkylation sites (tertiary alicyclic amines) is 1. The van der Waals surface area contributed by atoms with Crippen LogP contribution < -0.4 is 0 Å². The van der Waals surface area contributed by atoms with Crippen LogP contribution in [-0.2, 0) is 4.79 Å². The summed E-state index contributed by atoms with van der Waals surface area (Å²) in [6.07, 6.45) is 0.813. The fraction of sp³-hybridized carbons (Fsp3) is 0.875. The van der Waals surface area contributed by atoms with Crippen molar-refractivity contribution in [3.63, 3.8) is 0 Å². The van der Waals surface area contributed by atoms with Crippen LogP contribution in [0, 0.1) is 5.92 Å². The highest BCUT2D eigenvalue weighted by molar-refractivity contribution is 5.70. The highest BCUT2D eigenvalue weighted by Gasteiger charge is 2.28. The summed E-state index contributed by atoms with van der Waals surface area (Å²) in [5.41, 5.74) is 0. The first kappa shape index (κ1) is 11.4. The van der Waals surface area contributed by atoms with Gasteiger partial charge in [0.25, 0.3) is 0 Å². The molecule has 0 aromatic carbocycles. The van der Waals surface area contributed by atoms with Gasteiger partial charge in [-0.3, -0.25) is 4.79 Å². The number of carboxylic acids is 1. The molecule has 1 heterocycles. The van der Waals surface area contributed by atoms with Crippen molar-refractivity contribution in [2.75, 3.05) is 13.1 Å². The van der Waals surface area contributed by atoms with Gasteiger partial charge >= 0.3 is 5.97 Å². The molecule has 1 aliphatic heterocycles. The summed E-state index contributed by atoms with van der Waals surface area (Å²) in [7, 11) is 0. The Morgan fingerprint density at radius 3 is 2.42 bits per heavy atom. The molecule has 0 aliphatic carbocycles. The second-order valence-corrected chi connectivity index (χ2v) is 3.41. The van der Waals surface area contributed by atoms with Crippen LogP contribution in [0.5, 0.6) is 0 Å². The predicted octanol–water partition coefficient (Wildman–Crippen LogP) is -0.0234. The molecule has 0 radical (unpaired) electrons. The van der Waals surface area contributed by atoms with Crippen molar-refractivity contribution in [2.45, 2.75) is 26.3 Å². The predicted molar refractivity (Wildman–Crippen MR) is 46.1 cm³/mol.